The Balaban J connectivity index is 1.51. The predicted molar refractivity (Wildman–Crippen MR) is 128 cm³/mol. The Kier molecular flexibility index (Phi) is 7.70. The van der Waals surface area contributed by atoms with Crippen LogP contribution in [0.15, 0.2) is 24.3 Å². The fourth-order valence-corrected chi connectivity index (χ4v) is 5.05. The van der Waals surface area contributed by atoms with Gasteiger partial charge in [0.1, 0.15) is 0 Å². The number of anilines is 1. The molecule has 2 heterocycles. The maximum Gasteiger partial charge on any atom is 0.321 e. The van der Waals surface area contributed by atoms with Crippen LogP contribution in [0.5, 0.6) is 0 Å². The normalized spacial score (nSPS) is 22.8. The number of carbonyl (C=O) groups excluding carboxylic acids is 2. The van der Waals surface area contributed by atoms with E-state index < -0.39 is 14.8 Å². The highest BCUT2D eigenvalue weighted by atomic mass is 32.2. The SMILES string of the molecule is CC1CN(C(=O)c2ccc(NC(=O)N3CCC(NS(=O)(=O)C(C)(C)C)CC3)cc2)CC(C)O1. The van der Waals surface area contributed by atoms with Gasteiger partial charge in [0.05, 0.1) is 17.0 Å². The number of carbonyl (C=O) groups is 2. The summed E-state index contributed by atoms with van der Waals surface area (Å²) in [5, 5.41) is 2.86. The van der Waals surface area contributed by atoms with Gasteiger partial charge in [0.25, 0.3) is 5.91 Å². The molecule has 2 unspecified atom stereocenters. The second-order valence-corrected chi connectivity index (χ2v) is 12.4. The van der Waals surface area contributed by atoms with Crippen LogP contribution in [0.25, 0.3) is 0 Å². The van der Waals surface area contributed by atoms with Crippen LogP contribution in [-0.2, 0) is 14.8 Å². The van der Waals surface area contributed by atoms with Crippen molar-refractivity contribution in [3.8, 4) is 0 Å². The fourth-order valence-electron chi connectivity index (χ4n) is 4.02. The van der Waals surface area contributed by atoms with Gasteiger partial charge in [-0.3, -0.25) is 4.79 Å². The number of amides is 3. The largest absolute Gasteiger partial charge is 0.372 e. The van der Waals surface area contributed by atoms with Crippen LogP contribution in [0.2, 0.25) is 0 Å². The number of nitrogens with zero attached hydrogens (tertiary/aromatic N) is 2. The van der Waals surface area contributed by atoms with Crippen molar-refractivity contribution in [3.05, 3.63) is 29.8 Å². The summed E-state index contributed by atoms with van der Waals surface area (Å²) in [6.07, 6.45) is 1.13. The van der Waals surface area contributed by atoms with Gasteiger partial charge in [-0.05, 0) is 71.7 Å². The molecule has 0 aromatic heterocycles. The molecule has 3 rings (SSSR count). The number of rotatable bonds is 4. The lowest BCUT2D eigenvalue weighted by Crippen LogP contribution is -2.50. The fraction of sp³-hybridized carbons (Fsp3) is 0.652. The first-order valence-corrected chi connectivity index (χ1v) is 13.0. The van der Waals surface area contributed by atoms with Gasteiger partial charge in [0.2, 0.25) is 10.0 Å². The van der Waals surface area contributed by atoms with Crippen LogP contribution in [0.3, 0.4) is 0 Å². The lowest BCUT2D eigenvalue weighted by molar-refractivity contribution is -0.0586. The van der Waals surface area contributed by atoms with Crippen molar-refractivity contribution in [1.29, 1.82) is 0 Å². The standard InChI is InChI=1S/C23H36N4O5S/c1-16-14-27(15-17(2)32-16)21(28)18-6-8-19(9-7-18)24-22(29)26-12-10-20(11-13-26)25-33(30,31)23(3,4)5/h6-9,16-17,20,25H,10-15H2,1-5H3,(H,24,29). The Morgan fingerprint density at radius 1 is 0.970 bits per heavy atom. The van der Waals surface area contributed by atoms with Gasteiger partial charge in [-0.25, -0.2) is 17.9 Å². The first-order chi connectivity index (χ1) is 15.4. The van der Waals surface area contributed by atoms with Crippen molar-refractivity contribution >= 4 is 27.6 Å². The number of morpholine rings is 1. The Morgan fingerprint density at radius 3 is 2.03 bits per heavy atom. The van der Waals surface area contributed by atoms with Crippen molar-refractivity contribution in [2.24, 2.45) is 0 Å². The Bertz CT molecular complexity index is 940. The van der Waals surface area contributed by atoms with Gasteiger partial charge in [-0.1, -0.05) is 0 Å². The van der Waals surface area contributed by atoms with Crippen LogP contribution in [-0.4, -0.2) is 79.3 Å². The van der Waals surface area contributed by atoms with Crippen LogP contribution in [0.1, 0.15) is 57.8 Å². The van der Waals surface area contributed by atoms with E-state index in [0.717, 1.165) is 0 Å². The highest BCUT2D eigenvalue weighted by Gasteiger charge is 2.33. The summed E-state index contributed by atoms with van der Waals surface area (Å²) in [4.78, 5) is 28.9. The Hall–Kier alpha value is -2.17. The van der Waals surface area contributed by atoms with Crippen LogP contribution >= 0.6 is 0 Å². The van der Waals surface area contributed by atoms with Crippen LogP contribution in [0, 0.1) is 0 Å². The van der Waals surface area contributed by atoms with Crippen LogP contribution in [0.4, 0.5) is 10.5 Å². The third-order valence-corrected chi connectivity index (χ3v) is 8.26. The molecule has 0 radical (unpaired) electrons. The molecule has 1 aromatic rings. The summed E-state index contributed by atoms with van der Waals surface area (Å²) in [5.41, 5.74) is 1.18. The first-order valence-electron chi connectivity index (χ1n) is 11.5. The number of nitrogens with one attached hydrogen (secondary N) is 2. The van der Waals surface area contributed by atoms with Gasteiger partial charge in [0, 0.05) is 43.5 Å². The Labute approximate surface area is 196 Å². The molecule has 0 bridgehead atoms. The Morgan fingerprint density at radius 2 is 1.52 bits per heavy atom. The monoisotopic (exact) mass is 480 g/mol. The molecule has 2 fully saturated rings. The molecule has 2 N–H and O–H groups in total. The molecule has 0 saturated carbocycles. The average Bonchev–Trinajstić information content (AvgIpc) is 2.72. The third-order valence-electron chi connectivity index (χ3n) is 6.00. The van der Waals surface area contributed by atoms with Gasteiger partial charge < -0.3 is 19.9 Å². The molecule has 0 spiro atoms. The second-order valence-electron chi connectivity index (χ2n) is 9.97. The number of piperidine rings is 1. The molecule has 2 aliphatic heterocycles. The summed E-state index contributed by atoms with van der Waals surface area (Å²) in [6, 6.07) is 6.48. The van der Waals surface area contributed by atoms with Gasteiger partial charge >= 0.3 is 6.03 Å². The smallest absolute Gasteiger partial charge is 0.321 e. The number of benzene rings is 1. The van der Waals surface area contributed by atoms with E-state index in [1.165, 1.54) is 0 Å². The van der Waals surface area contributed by atoms with Gasteiger partial charge in [0.15, 0.2) is 0 Å². The summed E-state index contributed by atoms with van der Waals surface area (Å²) in [5.74, 6) is -0.0466. The molecule has 2 saturated heterocycles. The highest BCUT2D eigenvalue weighted by molar-refractivity contribution is 7.90. The average molecular weight is 481 g/mol. The maximum atomic E-state index is 12.8. The van der Waals surface area contributed by atoms with E-state index in [1.54, 1.807) is 54.8 Å². The van der Waals surface area contributed by atoms with Crippen molar-refractivity contribution in [1.82, 2.24) is 14.5 Å². The van der Waals surface area contributed by atoms with E-state index in [9.17, 15) is 18.0 Å². The molecule has 10 heteroatoms. The van der Waals surface area contributed by atoms with Crippen molar-refractivity contribution in [2.75, 3.05) is 31.5 Å². The van der Waals surface area contributed by atoms with E-state index in [0.29, 0.717) is 50.3 Å². The van der Waals surface area contributed by atoms with Crippen molar-refractivity contribution < 1.29 is 22.7 Å². The quantitative estimate of drug-likeness (QED) is 0.689. The highest BCUT2D eigenvalue weighted by Crippen LogP contribution is 2.20. The second kappa shape index (κ2) is 9.99. The summed E-state index contributed by atoms with van der Waals surface area (Å²) in [6.45, 7) is 11.0. The number of sulfonamides is 1. The minimum atomic E-state index is -3.42. The number of ether oxygens (including phenoxy) is 1. The van der Waals surface area contributed by atoms with E-state index in [4.69, 9.17) is 4.74 Å². The summed E-state index contributed by atoms with van der Waals surface area (Å²) >= 11 is 0. The van der Waals surface area contributed by atoms with Gasteiger partial charge in [-0.15, -0.1) is 0 Å². The molecule has 2 aliphatic rings. The van der Waals surface area contributed by atoms with E-state index in [1.807, 2.05) is 13.8 Å². The topological polar surface area (TPSA) is 108 Å². The molecule has 2 atom stereocenters. The van der Waals surface area contributed by atoms with Gasteiger partial charge in [-0.2, -0.15) is 0 Å². The molecule has 9 nitrogen and oxygen atoms in total. The maximum absolute atomic E-state index is 12.8. The molecular formula is C23H36N4O5S. The number of hydrogen-bond acceptors (Lipinski definition) is 5. The molecular weight excluding hydrogens is 444 g/mol. The third kappa shape index (κ3) is 6.45. The van der Waals surface area contributed by atoms with Crippen LogP contribution < -0.4 is 10.0 Å². The molecule has 1 aromatic carbocycles. The lowest BCUT2D eigenvalue weighted by atomic mass is 10.1. The molecule has 184 valence electrons. The molecule has 3 amide bonds. The summed E-state index contributed by atoms with van der Waals surface area (Å²) < 4.78 is 32.3. The summed E-state index contributed by atoms with van der Waals surface area (Å²) in [7, 11) is -3.42. The first kappa shape index (κ1) is 25.5. The predicted octanol–water partition coefficient (Wildman–Crippen LogP) is 2.65. The van der Waals surface area contributed by atoms with Crippen molar-refractivity contribution in [2.45, 2.75) is 70.5 Å². The van der Waals surface area contributed by atoms with Crippen molar-refractivity contribution in [3.63, 3.8) is 0 Å². The minimum absolute atomic E-state index is 0.00386. The van der Waals surface area contributed by atoms with E-state index >= 15 is 0 Å². The van der Waals surface area contributed by atoms with E-state index in [-0.39, 0.29) is 30.2 Å². The zero-order chi connectivity index (χ0) is 24.4. The zero-order valence-electron chi connectivity index (χ0n) is 20.1. The lowest BCUT2D eigenvalue weighted by Gasteiger charge is -2.35. The number of hydrogen-bond donors (Lipinski definition) is 2. The zero-order valence-corrected chi connectivity index (χ0v) is 20.9. The molecule has 33 heavy (non-hydrogen) atoms. The number of urea groups is 1. The molecule has 0 aliphatic carbocycles. The number of likely N-dealkylation sites (tertiary alicyclic amines) is 1. The van der Waals surface area contributed by atoms with E-state index in [2.05, 4.69) is 10.0 Å². The minimum Gasteiger partial charge on any atom is -0.372 e.